The van der Waals surface area contributed by atoms with E-state index in [1.807, 2.05) is 18.2 Å². The minimum atomic E-state index is 0.355. The first-order valence-electron chi connectivity index (χ1n) is 5.98. The van der Waals surface area contributed by atoms with E-state index in [0.717, 1.165) is 11.8 Å². The second-order valence-electron chi connectivity index (χ2n) is 4.33. The molecule has 0 spiro atoms. The first kappa shape index (κ1) is 13.0. The van der Waals surface area contributed by atoms with Gasteiger partial charge in [-0.15, -0.1) is 0 Å². The van der Waals surface area contributed by atoms with Gasteiger partial charge in [0.2, 0.25) is 0 Å². The number of alkyl halides is 1. The zero-order valence-corrected chi connectivity index (χ0v) is 11.7. The minimum absolute atomic E-state index is 0.355. The van der Waals surface area contributed by atoms with E-state index in [1.165, 1.54) is 11.1 Å². The molecule has 0 aromatic heterocycles. The van der Waals surface area contributed by atoms with Crippen LogP contribution in [0.2, 0.25) is 0 Å². The van der Waals surface area contributed by atoms with Gasteiger partial charge in [0.25, 0.3) is 0 Å². The highest BCUT2D eigenvalue weighted by molar-refractivity contribution is 9.09. The molecule has 2 aromatic carbocycles. The molecule has 0 heterocycles. The smallest absolute Gasteiger partial charge is 0.0550 e. The van der Waals surface area contributed by atoms with Gasteiger partial charge >= 0.3 is 0 Å². The number of nitrogens with two attached hydrogens (primary N) is 2. The molecule has 3 heteroatoms. The second-order valence-corrected chi connectivity index (χ2v) is 5.12. The summed E-state index contributed by atoms with van der Waals surface area (Å²) in [6.07, 6.45) is 1.04. The quantitative estimate of drug-likeness (QED) is 0.667. The van der Waals surface area contributed by atoms with Crippen LogP contribution >= 0.6 is 15.9 Å². The molecule has 2 nitrogen and oxygen atoms in total. The average Bonchev–Trinajstić information content (AvgIpc) is 2.40. The first-order chi connectivity index (χ1) is 8.72. The fraction of sp³-hybridized carbons (Fsp3) is 0.200. The lowest BCUT2D eigenvalue weighted by atomic mass is 9.89. The Morgan fingerprint density at radius 2 is 1.61 bits per heavy atom. The van der Waals surface area contributed by atoms with Crippen LogP contribution in [0.3, 0.4) is 0 Å². The van der Waals surface area contributed by atoms with E-state index in [0.29, 0.717) is 17.3 Å². The number of hydrogen-bond acceptors (Lipinski definition) is 2. The molecule has 18 heavy (non-hydrogen) atoms. The van der Waals surface area contributed by atoms with Crippen LogP contribution in [0.1, 0.15) is 23.5 Å². The second kappa shape index (κ2) is 5.91. The van der Waals surface area contributed by atoms with Gasteiger partial charge in [-0.05, 0) is 29.7 Å². The van der Waals surface area contributed by atoms with Gasteiger partial charge in [-0.25, -0.2) is 0 Å². The molecule has 0 fully saturated rings. The fourth-order valence-electron chi connectivity index (χ4n) is 2.13. The highest BCUT2D eigenvalue weighted by Crippen LogP contribution is 2.31. The predicted octanol–water partition coefficient (Wildman–Crippen LogP) is 3.77. The van der Waals surface area contributed by atoms with Crippen LogP contribution in [-0.4, -0.2) is 5.33 Å². The van der Waals surface area contributed by atoms with Crippen molar-refractivity contribution < 1.29 is 0 Å². The van der Waals surface area contributed by atoms with Gasteiger partial charge in [-0.1, -0.05) is 52.3 Å². The molecule has 1 atom stereocenters. The van der Waals surface area contributed by atoms with Crippen molar-refractivity contribution in [2.45, 2.75) is 12.3 Å². The van der Waals surface area contributed by atoms with E-state index >= 15 is 0 Å². The summed E-state index contributed by atoms with van der Waals surface area (Å²) < 4.78 is 0. The van der Waals surface area contributed by atoms with E-state index in [9.17, 15) is 0 Å². The van der Waals surface area contributed by atoms with Crippen LogP contribution in [0.5, 0.6) is 0 Å². The van der Waals surface area contributed by atoms with E-state index in [-0.39, 0.29) is 0 Å². The van der Waals surface area contributed by atoms with Crippen LogP contribution in [0.4, 0.5) is 11.4 Å². The molecule has 0 radical (unpaired) electrons. The van der Waals surface area contributed by atoms with Crippen LogP contribution in [0.15, 0.2) is 48.5 Å². The summed E-state index contributed by atoms with van der Waals surface area (Å²) in [7, 11) is 0. The van der Waals surface area contributed by atoms with Gasteiger partial charge in [0, 0.05) is 11.2 Å². The van der Waals surface area contributed by atoms with Crippen molar-refractivity contribution in [2.24, 2.45) is 0 Å². The normalized spacial score (nSPS) is 12.3. The summed E-state index contributed by atoms with van der Waals surface area (Å²) in [6.45, 7) is 0. The summed E-state index contributed by atoms with van der Waals surface area (Å²) in [4.78, 5) is 0. The van der Waals surface area contributed by atoms with E-state index < -0.39 is 0 Å². The molecular weight excluding hydrogens is 288 g/mol. The Hall–Kier alpha value is -1.48. The third-order valence-electron chi connectivity index (χ3n) is 3.11. The van der Waals surface area contributed by atoms with Gasteiger partial charge in [-0.3, -0.25) is 0 Å². The van der Waals surface area contributed by atoms with Crippen molar-refractivity contribution in [3.8, 4) is 0 Å². The Labute approximate surface area is 116 Å². The average molecular weight is 305 g/mol. The lowest BCUT2D eigenvalue weighted by Crippen LogP contribution is -2.04. The Morgan fingerprint density at radius 3 is 2.22 bits per heavy atom. The van der Waals surface area contributed by atoms with E-state index in [1.54, 1.807) is 0 Å². The van der Waals surface area contributed by atoms with Crippen LogP contribution in [-0.2, 0) is 0 Å². The maximum Gasteiger partial charge on any atom is 0.0550 e. The summed E-state index contributed by atoms with van der Waals surface area (Å²) >= 11 is 3.52. The van der Waals surface area contributed by atoms with Gasteiger partial charge in [0.1, 0.15) is 0 Å². The monoisotopic (exact) mass is 304 g/mol. The van der Waals surface area contributed by atoms with Crippen molar-refractivity contribution in [1.82, 2.24) is 0 Å². The van der Waals surface area contributed by atoms with Crippen LogP contribution in [0, 0.1) is 0 Å². The number of rotatable bonds is 4. The lowest BCUT2D eigenvalue weighted by molar-refractivity contribution is 0.789. The number of halogens is 1. The number of anilines is 2. The lowest BCUT2D eigenvalue weighted by Gasteiger charge is -2.18. The predicted molar refractivity (Wildman–Crippen MR) is 82.0 cm³/mol. The molecule has 2 rings (SSSR count). The minimum Gasteiger partial charge on any atom is -0.397 e. The molecule has 0 bridgehead atoms. The maximum atomic E-state index is 5.90. The number of hydrogen-bond donors (Lipinski definition) is 2. The Morgan fingerprint density at radius 1 is 0.889 bits per heavy atom. The molecule has 94 valence electrons. The van der Waals surface area contributed by atoms with Crippen LogP contribution < -0.4 is 11.5 Å². The summed E-state index contributed by atoms with van der Waals surface area (Å²) in [5.74, 6) is 0.355. The molecule has 2 aromatic rings. The molecule has 0 aliphatic heterocycles. The summed E-state index contributed by atoms with van der Waals surface area (Å²) in [6, 6.07) is 16.4. The molecular formula is C15H17BrN2. The Bertz CT molecular complexity index is 511. The van der Waals surface area contributed by atoms with E-state index in [2.05, 4.69) is 46.3 Å². The molecule has 0 aliphatic carbocycles. The van der Waals surface area contributed by atoms with Crippen LogP contribution in [0.25, 0.3) is 0 Å². The molecule has 0 amide bonds. The molecule has 1 unspecified atom stereocenters. The fourth-order valence-corrected chi connectivity index (χ4v) is 2.59. The van der Waals surface area contributed by atoms with Crippen molar-refractivity contribution in [3.05, 3.63) is 59.7 Å². The maximum absolute atomic E-state index is 5.90. The van der Waals surface area contributed by atoms with Crippen molar-refractivity contribution in [1.29, 1.82) is 0 Å². The highest BCUT2D eigenvalue weighted by atomic mass is 79.9. The van der Waals surface area contributed by atoms with Gasteiger partial charge < -0.3 is 11.5 Å². The zero-order chi connectivity index (χ0) is 13.0. The highest BCUT2D eigenvalue weighted by Gasteiger charge is 2.14. The number of nitrogen functional groups attached to an aromatic ring is 2. The molecule has 0 saturated carbocycles. The zero-order valence-electron chi connectivity index (χ0n) is 10.1. The SMILES string of the molecule is Nc1ccc(C(CCBr)c2ccccc2)cc1N. The van der Waals surface area contributed by atoms with Gasteiger partial charge in [-0.2, -0.15) is 0 Å². The Balaban J connectivity index is 2.38. The van der Waals surface area contributed by atoms with Gasteiger partial charge in [0.15, 0.2) is 0 Å². The number of benzene rings is 2. The topological polar surface area (TPSA) is 52.0 Å². The van der Waals surface area contributed by atoms with Crippen molar-refractivity contribution >= 4 is 27.3 Å². The van der Waals surface area contributed by atoms with E-state index in [4.69, 9.17) is 11.5 Å². The largest absolute Gasteiger partial charge is 0.397 e. The van der Waals surface area contributed by atoms with Gasteiger partial charge in [0.05, 0.1) is 11.4 Å². The first-order valence-corrected chi connectivity index (χ1v) is 7.10. The summed E-state index contributed by atoms with van der Waals surface area (Å²) in [5.41, 5.74) is 15.5. The molecule has 0 aliphatic rings. The third-order valence-corrected chi connectivity index (χ3v) is 3.57. The van der Waals surface area contributed by atoms with Crippen molar-refractivity contribution in [3.63, 3.8) is 0 Å². The molecule has 4 N–H and O–H groups in total. The van der Waals surface area contributed by atoms with Crippen molar-refractivity contribution in [2.75, 3.05) is 16.8 Å². The third kappa shape index (κ3) is 2.85. The summed E-state index contributed by atoms with van der Waals surface area (Å²) in [5, 5.41) is 0.955. The standard InChI is InChI=1S/C15H17BrN2/c16-9-8-13(11-4-2-1-3-5-11)12-6-7-14(17)15(18)10-12/h1-7,10,13H,8-9,17-18H2. The Kier molecular flexibility index (Phi) is 4.26. The molecule has 0 saturated heterocycles.